The highest BCUT2D eigenvalue weighted by molar-refractivity contribution is 6.09. The molecule has 130 valence electrons. The van der Waals surface area contributed by atoms with E-state index in [-0.39, 0.29) is 12.2 Å². The Balaban J connectivity index is 1.58. The van der Waals surface area contributed by atoms with Gasteiger partial charge in [-0.1, -0.05) is 0 Å². The van der Waals surface area contributed by atoms with Gasteiger partial charge in [-0.05, 0) is 0 Å². The molecule has 1 saturated heterocycles. The lowest BCUT2D eigenvalue weighted by Gasteiger charge is -2.30. The molecule has 0 radical (unpaired) electrons. The van der Waals surface area contributed by atoms with Crippen LogP contribution in [0.25, 0.3) is 11.0 Å². The second-order valence-electron chi connectivity index (χ2n) is 6.07. The zero-order valence-corrected chi connectivity index (χ0v) is 13.4. The molecule has 0 aliphatic carbocycles. The number of morpholine rings is 1. The molecule has 0 saturated carbocycles. The normalized spacial score (nSPS) is 18.5. The number of nitrogens with zero attached hydrogens (tertiary/aromatic N) is 3. The van der Waals surface area contributed by atoms with Gasteiger partial charge in [0.25, 0.3) is 0 Å². The number of ketones is 1. The molecular formula is C17H16F2N4O2. The van der Waals surface area contributed by atoms with E-state index in [9.17, 15) is 13.6 Å². The first-order valence-electron chi connectivity index (χ1n) is 8.06. The fourth-order valence-electron chi connectivity index (χ4n) is 3.02. The Hall–Kier alpha value is -2.61. The minimum absolute atomic E-state index is 0.0142. The first-order valence-corrected chi connectivity index (χ1v) is 8.06. The molecule has 0 atom stereocenters. The molecule has 4 rings (SSSR count). The number of aromatic nitrogens is 2. The monoisotopic (exact) mass is 346 g/mol. The van der Waals surface area contributed by atoms with Gasteiger partial charge in [0.1, 0.15) is 11.6 Å². The Morgan fingerprint density at radius 3 is 2.76 bits per heavy atom. The van der Waals surface area contributed by atoms with Crippen molar-refractivity contribution in [3.05, 3.63) is 41.5 Å². The van der Waals surface area contributed by atoms with Crippen molar-refractivity contribution >= 4 is 22.5 Å². The van der Waals surface area contributed by atoms with Crippen LogP contribution in [0.3, 0.4) is 0 Å². The van der Waals surface area contributed by atoms with E-state index in [1.807, 2.05) is 4.90 Å². The van der Waals surface area contributed by atoms with Gasteiger partial charge in [-0.3, -0.25) is 4.79 Å². The number of nitrogens with one attached hydrogen (secondary N) is 1. The number of carbonyl (C=O) groups excluding carboxylic acids is 1. The molecule has 0 bridgehead atoms. The van der Waals surface area contributed by atoms with E-state index < -0.39 is 11.6 Å². The summed E-state index contributed by atoms with van der Waals surface area (Å²) >= 11 is 0. The van der Waals surface area contributed by atoms with Gasteiger partial charge in [0.15, 0.2) is 17.4 Å². The Labute approximate surface area is 142 Å². The van der Waals surface area contributed by atoms with Crippen molar-refractivity contribution in [2.24, 2.45) is 4.99 Å². The Bertz CT molecular complexity index is 858. The number of aromatic amines is 1. The summed E-state index contributed by atoms with van der Waals surface area (Å²) in [6, 6.07) is 2.13. The minimum atomic E-state index is -0.937. The molecule has 8 heteroatoms. The van der Waals surface area contributed by atoms with Crippen molar-refractivity contribution in [3.63, 3.8) is 0 Å². The smallest absolute Gasteiger partial charge is 0.164 e. The lowest BCUT2D eigenvalue weighted by atomic mass is 10.1. The van der Waals surface area contributed by atoms with Gasteiger partial charge in [0.05, 0.1) is 24.2 Å². The third-order valence-electron chi connectivity index (χ3n) is 4.22. The topological polar surface area (TPSA) is 70.6 Å². The van der Waals surface area contributed by atoms with Gasteiger partial charge in [-0.2, -0.15) is 0 Å². The van der Waals surface area contributed by atoms with Crippen molar-refractivity contribution in [1.29, 1.82) is 0 Å². The summed E-state index contributed by atoms with van der Waals surface area (Å²) in [6.07, 6.45) is 2.09. The van der Waals surface area contributed by atoms with Gasteiger partial charge < -0.3 is 14.6 Å². The largest absolute Gasteiger partial charge is 0.378 e. The van der Waals surface area contributed by atoms with Crippen LogP contribution >= 0.6 is 0 Å². The molecule has 2 aliphatic rings. The van der Waals surface area contributed by atoms with Crippen LogP contribution in [0.2, 0.25) is 0 Å². The first kappa shape index (κ1) is 15.9. The number of allylic oxidation sites excluding steroid dienone is 1. The molecular weight excluding hydrogens is 330 g/mol. The van der Waals surface area contributed by atoms with Gasteiger partial charge in [-0.25, -0.2) is 18.8 Å². The molecule has 1 aromatic heterocycles. The molecule has 2 aliphatic heterocycles. The third kappa shape index (κ3) is 3.30. The summed E-state index contributed by atoms with van der Waals surface area (Å²) in [4.78, 5) is 25.8. The molecule has 0 spiro atoms. The first-order chi connectivity index (χ1) is 12.1. The van der Waals surface area contributed by atoms with Crippen molar-refractivity contribution < 1.29 is 18.3 Å². The van der Waals surface area contributed by atoms with Crippen LogP contribution < -0.4 is 0 Å². The number of imidazole rings is 1. The summed E-state index contributed by atoms with van der Waals surface area (Å²) in [5, 5.41) is 0. The van der Waals surface area contributed by atoms with Gasteiger partial charge >= 0.3 is 0 Å². The second kappa shape index (κ2) is 6.36. The van der Waals surface area contributed by atoms with E-state index in [2.05, 4.69) is 15.0 Å². The molecule has 6 nitrogen and oxygen atoms in total. The van der Waals surface area contributed by atoms with E-state index in [0.29, 0.717) is 61.1 Å². The molecule has 1 aromatic carbocycles. The maximum absolute atomic E-state index is 13.3. The Kier molecular flexibility index (Phi) is 4.04. The van der Waals surface area contributed by atoms with E-state index in [4.69, 9.17) is 4.74 Å². The maximum atomic E-state index is 13.3. The van der Waals surface area contributed by atoms with E-state index >= 15 is 0 Å². The number of carbonyl (C=O) groups is 1. The van der Waals surface area contributed by atoms with Crippen LogP contribution in [0, 0.1) is 11.6 Å². The van der Waals surface area contributed by atoms with E-state index in [1.165, 1.54) is 0 Å². The fourth-order valence-corrected chi connectivity index (χ4v) is 3.02. The average molecular weight is 346 g/mol. The highest BCUT2D eigenvalue weighted by Gasteiger charge is 2.21. The van der Waals surface area contributed by atoms with Crippen LogP contribution in [0.1, 0.15) is 12.2 Å². The summed E-state index contributed by atoms with van der Waals surface area (Å²) in [6.45, 7) is 2.60. The fraction of sp³-hybridized carbons (Fsp3) is 0.353. The van der Waals surface area contributed by atoms with Gasteiger partial charge in [0.2, 0.25) is 0 Å². The second-order valence-corrected chi connectivity index (χ2v) is 6.07. The van der Waals surface area contributed by atoms with Crippen LogP contribution in [0.4, 0.5) is 8.78 Å². The number of H-pyrrole nitrogens is 1. The summed E-state index contributed by atoms with van der Waals surface area (Å²) in [5.74, 6) is -0.712. The van der Waals surface area contributed by atoms with Gasteiger partial charge in [0, 0.05) is 49.9 Å². The van der Waals surface area contributed by atoms with E-state index in [0.717, 1.165) is 12.1 Å². The molecule has 2 aromatic rings. The molecule has 0 unspecified atom stereocenters. The summed E-state index contributed by atoms with van der Waals surface area (Å²) in [5.41, 5.74) is 1.44. The quantitative estimate of drug-likeness (QED) is 0.922. The van der Waals surface area contributed by atoms with Crippen molar-refractivity contribution in [1.82, 2.24) is 14.9 Å². The number of hydrogen-bond acceptors (Lipinski definition) is 5. The predicted molar refractivity (Wildman–Crippen MR) is 87.2 cm³/mol. The van der Waals surface area contributed by atoms with Crippen molar-refractivity contribution in [3.8, 4) is 0 Å². The lowest BCUT2D eigenvalue weighted by molar-refractivity contribution is -0.113. The average Bonchev–Trinajstić information content (AvgIpc) is 2.96. The number of fused-ring (bicyclic) bond motifs is 1. The standard InChI is InChI=1S/C17H16F2N4O2/c18-12-8-14-15(9-13(12)19)22-16(21-14)6-10-5-11(24)7-17(20-10)23-1-3-25-4-2-23/h7-9H,1-6H2,(H,21,22). The van der Waals surface area contributed by atoms with Crippen LogP contribution in [-0.2, 0) is 16.0 Å². The SMILES string of the molecule is O=C1C=C(N2CCOCC2)N=C(Cc2nc3cc(F)c(F)cc3[nH]2)C1. The number of halogens is 2. The van der Waals surface area contributed by atoms with Crippen LogP contribution in [0.5, 0.6) is 0 Å². The number of hydrogen-bond donors (Lipinski definition) is 1. The summed E-state index contributed by atoms with van der Waals surface area (Å²) < 4.78 is 31.9. The molecule has 0 amide bonds. The van der Waals surface area contributed by atoms with Crippen LogP contribution in [0.15, 0.2) is 29.0 Å². The molecule has 1 fully saturated rings. The Morgan fingerprint density at radius 1 is 1.20 bits per heavy atom. The molecule has 25 heavy (non-hydrogen) atoms. The van der Waals surface area contributed by atoms with Crippen LogP contribution in [-0.4, -0.2) is 52.7 Å². The van der Waals surface area contributed by atoms with E-state index in [1.54, 1.807) is 6.08 Å². The minimum Gasteiger partial charge on any atom is -0.378 e. The number of ether oxygens (including phenoxy) is 1. The highest BCUT2D eigenvalue weighted by Crippen LogP contribution is 2.19. The zero-order valence-electron chi connectivity index (χ0n) is 13.4. The highest BCUT2D eigenvalue weighted by atomic mass is 19.2. The Morgan fingerprint density at radius 2 is 1.96 bits per heavy atom. The zero-order chi connectivity index (χ0) is 17.4. The van der Waals surface area contributed by atoms with Crippen molar-refractivity contribution in [2.75, 3.05) is 26.3 Å². The predicted octanol–water partition coefficient (Wildman–Crippen LogP) is 1.97. The maximum Gasteiger partial charge on any atom is 0.164 e. The molecule has 1 N–H and O–H groups in total. The number of rotatable bonds is 3. The number of aliphatic imine (C=N–C) groups is 1. The molecule has 3 heterocycles. The lowest BCUT2D eigenvalue weighted by Crippen LogP contribution is -2.36. The van der Waals surface area contributed by atoms with Gasteiger partial charge in [-0.15, -0.1) is 0 Å². The number of benzene rings is 1. The summed E-state index contributed by atoms with van der Waals surface area (Å²) in [7, 11) is 0. The third-order valence-corrected chi connectivity index (χ3v) is 4.22. The van der Waals surface area contributed by atoms with Crippen molar-refractivity contribution in [2.45, 2.75) is 12.8 Å².